The van der Waals surface area contributed by atoms with Gasteiger partial charge in [-0.25, -0.2) is 4.79 Å². The van der Waals surface area contributed by atoms with E-state index in [0.717, 1.165) is 60.1 Å². The first kappa shape index (κ1) is 23.0. The molecule has 2 bridgehead atoms. The molecule has 4 rings (SSSR count). The van der Waals surface area contributed by atoms with Gasteiger partial charge in [-0.3, -0.25) is 9.59 Å². The third-order valence-electron chi connectivity index (χ3n) is 7.67. The Bertz CT molecular complexity index is 973. The first-order valence-corrected chi connectivity index (χ1v) is 12.6. The van der Waals surface area contributed by atoms with Crippen LogP contribution in [0.5, 0.6) is 0 Å². The van der Waals surface area contributed by atoms with Crippen LogP contribution in [-0.2, 0) is 27.2 Å². The Kier molecular flexibility index (Phi) is 6.48. The van der Waals surface area contributed by atoms with E-state index in [1.807, 2.05) is 13.8 Å². The van der Waals surface area contributed by atoms with Crippen molar-refractivity contribution in [2.45, 2.75) is 66.2 Å². The quantitative estimate of drug-likeness (QED) is 0.458. The molecule has 2 saturated carbocycles. The molecule has 5 atom stereocenters. The van der Waals surface area contributed by atoms with E-state index >= 15 is 0 Å². The van der Waals surface area contributed by atoms with E-state index < -0.39 is 23.8 Å². The number of ether oxygens (including phenoxy) is 1. The van der Waals surface area contributed by atoms with Gasteiger partial charge in [0.1, 0.15) is 5.00 Å². The smallest absolute Gasteiger partial charge is 0.341 e. The fourth-order valence-corrected chi connectivity index (χ4v) is 7.66. The fourth-order valence-electron chi connectivity index (χ4n) is 6.31. The lowest BCUT2D eigenvalue weighted by Crippen LogP contribution is -2.38. The highest BCUT2D eigenvalue weighted by molar-refractivity contribution is 7.17. The predicted octanol–water partition coefficient (Wildman–Crippen LogP) is 5.07. The molecule has 0 unspecified atom stereocenters. The van der Waals surface area contributed by atoms with Crippen LogP contribution >= 0.6 is 11.3 Å². The highest BCUT2D eigenvalue weighted by Gasteiger charge is 2.57. The second-order valence-electron chi connectivity index (χ2n) is 9.57. The van der Waals surface area contributed by atoms with Gasteiger partial charge in [-0.1, -0.05) is 24.5 Å². The second-order valence-corrected chi connectivity index (χ2v) is 10.7. The van der Waals surface area contributed by atoms with Crippen LogP contribution in [0.3, 0.4) is 0 Å². The summed E-state index contributed by atoms with van der Waals surface area (Å²) in [6.45, 7) is 8.24. The van der Waals surface area contributed by atoms with Gasteiger partial charge in [0.15, 0.2) is 0 Å². The molecule has 1 aromatic heterocycles. The average Bonchev–Trinajstić information content (AvgIpc) is 3.42. The fraction of sp³-hybridized carbons (Fsp3) is 0.640. The molecule has 1 heterocycles. The van der Waals surface area contributed by atoms with Gasteiger partial charge in [0.2, 0.25) is 5.91 Å². The number of allylic oxidation sites excluding steroid dienone is 2. The Morgan fingerprint density at radius 1 is 1.09 bits per heavy atom. The summed E-state index contributed by atoms with van der Waals surface area (Å²) in [6, 6.07) is 0. The van der Waals surface area contributed by atoms with Gasteiger partial charge < -0.3 is 15.2 Å². The molecule has 2 fully saturated rings. The van der Waals surface area contributed by atoms with E-state index in [0.29, 0.717) is 16.5 Å². The third kappa shape index (κ3) is 3.78. The average molecular weight is 460 g/mol. The zero-order chi connectivity index (χ0) is 23.2. The molecule has 1 aromatic rings. The summed E-state index contributed by atoms with van der Waals surface area (Å²) >= 11 is 1.47. The molecule has 0 radical (unpaired) electrons. The number of nitrogens with one attached hydrogen (secondary N) is 1. The molecular formula is C25H33NO5S. The van der Waals surface area contributed by atoms with Gasteiger partial charge >= 0.3 is 11.9 Å². The van der Waals surface area contributed by atoms with Gasteiger partial charge in [-0.05, 0) is 76.2 Å². The number of carbonyl (C=O) groups is 3. The summed E-state index contributed by atoms with van der Waals surface area (Å²) in [5.74, 6) is -2.40. The maximum atomic E-state index is 13.5. The molecule has 6 nitrogen and oxygen atoms in total. The molecule has 2 N–H and O–H groups in total. The molecular weight excluding hydrogens is 426 g/mol. The van der Waals surface area contributed by atoms with Crippen molar-refractivity contribution in [2.24, 2.45) is 29.6 Å². The lowest BCUT2D eigenvalue weighted by atomic mass is 9.78. The highest BCUT2D eigenvalue weighted by Crippen LogP contribution is 2.57. The number of aliphatic carboxylic acids is 1. The van der Waals surface area contributed by atoms with Crippen molar-refractivity contribution in [1.82, 2.24) is 0 Å². The lowest BCUT2D eigenvalue weighted by molar-refractivity contribution is -0.148. The number of thiophene rings is 1. The van der Waals surface area contributed by atoms with Gasteiger partial charge in [0.25, 0.3) is 0 Å². The van der Waals surface area contributed by atoms with Crippen LogP contribution in [0.2, 0.25) is 0 Å². The SMILES string of the molecule is CCOC(=O)c1c(NC(=O)[C@H]2[C@H](C(=O)O)[C@H]3CC[C@H]2C3=C(C)C)sc2c1CC[C@H](CC)C2. The standard InChI is InChI=1S/C25H33NO5S/c1-5-13-7-8-14-17(11-13)32-23(21(14)25(30)31-6-2)26-22(27)19-15-9-10-16(18(15)12(3)4)20(19)24(28)29/h13,15-16,19-20H,5-11H2,1-4H3,(H,26,27)(H,28,29)/t13-,15-,16-,19+,20+/m0/s1. The van der Waals surface area contributed by atoms with E-state index in [9.17, 15) is 19.5 Å². The van der Waals surface area contributed by atoms with E-state index in [1.54, 1.807) is 6.92 Å². The Balaban J connectivity index is 1.67. The van der Waals surface area contributed by atoms with Gasteiger partial charge in [0.05, 0.1) is 24.0 Å². The minimum absolute atomic E-state index is 0.0313. The van der Waals surface area contributed by atoms with E-state index in [4.69, 9.17) is 4.74 Å². The third-order valence-corrected chi connectivity index (χ3v) is 8.84. The van der Waals surface area contributed by atoms with E-state index in [1.165, 1.54) is 11.3 Å². The number of hydrogen-bond donors (Lipinski definition) is 2. The van der Waals surface area contributed by atoms with Gasteiger partial charge in [-0.15, -0.1) is 11.3 Å². The number of carboxylic acid groups (broad SMARTS) is 1. The number of rotatable bonds is 6. The number of hydrogen-bond acceptors (Lipinski definition) is 5. The molecule has 3 aliphatic carbocycles. The number of esters is 1. The van der Waals surface area contributed by atoms with Crippen LogP contribution in [0.4, 0.5) is 5.00 Å². The molecule has 7 heteroatoms. The Morgan fingerprint density at radius 3 is 2.38 bits per heavy atom. The summed E-state index contributed by atoms with van der Waals surface area (Å²) in [4.78, 5) is 39.6. The van der Waals surface area contributed by atoms with Crippen molar-refractivity contribution in [3.8, 4) is 0 Å². The van der Waals surface area contributed by atoms with Gasteiger partial charge in [-0.2, -0.15) is 0 Å². The van der Waals surface area contributed by atoms with Crippen molar-refractivity contribution < 1.29 is 24.2 Å². The number of anilines is 1. The van der Waals surface area contributed by atoms with Crippen LogP contribution in [0.25, 0.3) is 0 Å². The van der Waals surface area contributed by atoms with Crippen molar-refractivity contribution in [3.63, 3.8) is 0 Å². The molecule has 0 saturated heterocycles. The molecule has 0 spiro atoms. The monoisotopic (exact) mass is 459 g/mol. The summed E-state index contributed by atoms with van der Waals surface area (Å²) in [5, 5.41) is 13.5. The molecule has 0 aromatic carbocycles. The normalized spacial score (nSPS) is 28.4. The van der Waals surface area contributed by atoms with Crippen molar-refractivity contribution in [2.75, 3.05) is 11.9 Å². The van der Waals surface area contributed by atoms with Crippen LogP contribution in [-0.4, -0.2) is 29.6 Å². The predicted molar refractivity (Wildman–Crippen MR) is 124 cm³/mol. The minimum atomic E-state index is -0.905. The van der Waals surface area contributed by atoms with Gasteiger partial charge in [0, 0.05) is 4.88 Å². The zero-order valence-electron chi connectivity index (χ0n) is 19.3. The Hall–Kier alpha value is -2.15. The maximum absolute atomic E-state index is 13.5. The van der Waals surface area contributed by atoms with Crippen molar-refractivity contribution >= 4 is 34.2 Å². The molecule has 32 heavy (non-hydrogen) atoms. The zero-order valence-corrected chi connectivity index (χ0v) is 20.1. The molecule has 3 aliphatic rings. The van der Waals surface area contributed by atoms with E-state index in [-0.39, 0.29) is 24.3 Å². The topological polar surface area (TPSA) is 92.7 Å². The highest BCUT2D eigenvalue weighted by atomic mass is 32.1. The summed E-state index contributed by atoms with van der Waals surface area (Å²) in [5.41, 5.74) is 3.76. The van der Waals surface area contributed by atoms with Crippen LogP contribution < -0.4 is 5.32 Å². The van der Waals surface area contributed by atoms with Crippen molar-refractivity contribution in [3.05, 3.63) is 27.2 Å². The summed E-state index contributed by atoms with van der Waals surface area (Å²) in [7, 11) is 0. The number of carbonyl (C=O) groups excluding carboxylic acids is 2. The summed E-state index contributed by atoms with van der Waals surface area (Å²) in [6.07, 6.45) is 5.50. The van der Waals surface area contributed by atoms with Crippen LogP contribution in [0, 0.1) is 29.6 Å². The first-order valence-electron chi connectivity index (χ1n) is 11.8. The maximum Gasteiger partial charge on any atom is 0.341 e. The molecule has 1 amide bonds. The first-order chi connectivity index (χ1) is 15.3. The number of amides is 1. The summed E-state index contributed by atoms with van der Waals surface area (Å²) < 4.78 is 5.33. The minimum Gasteiger partial charge on any atom is -0.481 e. The Morgan fingerprint density at radius 2 is 1.78 bits per heavy atom. The lowest BCUT2D eigenvalue weighted by Gasteiger charge is -2.26. The molecule has 174 valence electrons. The van der Waals surface area contributed by atoms with Crippen LogP contribution in [0.1, 0.15) is 74.2 Å². The largest absolute Gasteiger partial charge is 0.481 e. The van der Waals surface area contributed by atoms with Crippen LogP contribution in [0.15, 0.2) is 11.1 Å². The second kappa shape index (κ2) is 9.00. The Labute approximate surface area is 193 Å². The van der Waals surface area contributed by atoms with E-state index in [2.05, 4.69) is 12.2 Å². The number of fused-ring (bicyclic) bond motifs is 3. The molecule has 0 aliphatic heterocycles. The number of carboxylic acids is 1. The van der Waals surface area contributed by atoms with Crippen molar-refractivity contribution in [1.29, 1.82) is 0 Å².